The molecule has 1 fully saturated rings. The molecule has 5 heteroatoms. The van der Waals surface area contributed by atoms with E-state index in [4.69, 9.17) is 5.73 Å². The lowest BCUT2D eigenvalue weighted by molar-refractivity contribution is -0.132. The third kappa shape index (κ3) is 5.06. The van der Waals surface area contributed by atoms with E-state index in [-0.39, 0.29) is 5.91 Å². The van der Waals surface area contributed by atoms with E-state index in [1.807, 2.05) is 23.1 Å². The fraction of sp³-hybridized carbons (Fsp3) is 0.529. The van der Waals surface area contributed by atoms with Gasteiger partial charge in [0.2, 0.25) is 5.91 Å². The zero-order valence-electron chi connectivity index (χ0n) is 13.0. The lowest BCUT2D eigenvalue weighted by Crippen LogP contribution is -2.36. The fourth-order valence-corrected chi connectivity index (χ4v) is 3.02. The minimum absolute atomic E-state index is 0.234. The molecule has 2 rings (SSSR count). The van der Waals surface area contributed by atoms with E-state index >= 15 is 0 Å². The summed E-state index contributed by atoms with van der Waals surface area (Å²) in [5.74, 6) is 0.234. The predicted octanol–water partition coefficient (Wildman–Crippen LogP) is 2.06. The molecule has 1 heterocycles. The van der Waals surface area contributed by atoms with Crippen molar-refractivity contribution in [3.63, 3.8) is 0 Å². The van der Waals surface area contributed by atoms with Crippen molar-refractivity contribution in [3.8, 4) is 0 Å². The smallest absolute Gasteiger partial charge is 0.312 e. The molecule has 22 heavy (non-hydrogen) atoms. The quantitative estimate of drug-likeness (QED) is 0.757. The summed E-state index contributed by atoms with van der Waals surface area (Å²) >= 11 is 0. The van der Waals surface area contributed by atoms with E-state index in [1.165, 1.54) is 5.56 Å². The summed E-state index contributed by atoms with van der Waals surface area (Å²) in [7, 11) is 0. The molecule has 0 aromatic heterocycles. The highest BCUT2D eigenvalue weighted by Gasteiger charge is 2.28. The van der Waals surface area contributed by atoms with Crippen molar-refractivity contribution in [3.05, 3.63) is 35.9 Å². The molecule has 3 amide bonds. The molecule has 0 aliphatic carbocycles. The topological polar surface area (TPSA) is 75.4 Å². The number of nitrogens with two attached hydrogens (primary N) is 1. The number of carbonyl (C=O) groups is 2. The van der Waals surface area contributed by atoms with Crippen LogP contribution in [0.25, 0.3) is 0 Å². The highest BCUT2D eigenvalue weighted by Crippen LogP contribution is 2.22. The number of nitrogens with zero attached hydrogens (tertiary/aromatic N) is 1. The second-order valence-electron chi connectivity index (χ2n) is 5.82. The Morgan fingerprint density at radius 1 is 1.23 bits per heavy atom. The summed E-state index contributed by atoms with van der Waals surface area (Å²) in [6.45, 7) is 1.41. The van der Waals surface area contributed by atoms with Crippen LogP contribution in [-0.2, 0) is 11.2 Å². The Balaban J connectivity index is 1.75. The van der Waals surface area contributed by atoms with Gasteiger partial charge in [-0.25, -0.2) is 4.79 Å². The number of hydrogen-bond acceptors (Lipinski definition) is 2. The molecule has 1 aromatic carbocycles. The van der Waals surface area contributed by atoms with Gasteiger partial charge in [-0.05, 0) is 37.7 Å². The van der Waals surface area contributed by atoms with Crippen molar-refractivity contribution in [1.82, 2.24) is 10.2 Å². The summed E-state index contributed by atoms with van der Waals surface area (Å²) in [5, 5.41) is 2.54. The second-order valence-corrected chi connectivity index (χ2v) is 5.82. The average molecular weight is 303 g/mol. The van der Waals surface area contributed by atoms with Crippen molar-refractivity contribution in [2.75, 3.05) is 13.1 Å². The molecule has 1 aliphatic heterocycles. The van der Waals surface area contributed by atoms with Crippen LogP contribution < -0.4 is 11.1 Å². The van der Waals surface area contributed by atoms with Gasteiger partial charge in [0.15, 0.2) is 0 Å². The monoisotopic (exact) mass is 303 g/mol. The van der Waals surface area contributed by atoms with Crippen molar-refractivity contribution in [1.29, 1.82) is 0 Å². The Hall–Kier alpha value is -2.04. The maximum Gasteiger partial charge on any atom is 0.312 e. The molecule has 1 aromatic rings. The van der Waals surface area contributed by atoms with Gasteiger partial charge in [0.05, 0.1) is 0 Å². The maximum atomic E-state index is 12.4. The number of hydrogen-bond donors (Lipinski definition) is 2. The number of unbranched alkanes of at least 4 members (excludes halogenated alkanes) is 1. The zero-order valence-corrected chi connectivity index (χ0v) is 13.0. The van der Waals surface area contributed by atoms with E-state index in [0.29, 0.717) is 19.0 Å². The van der Waals surface area contributed by atoms with Crippen molar-refractivity contribution >= 4 is 11.9 Å². The molecule has 120 valence electrons. The molecule has 3 N–H and O–H groups in total. The summed E-state index contributed by atoms with van der Waals surface area (Å²) in [6, 6.07) is 10.2. The number of carbonyl (C=O) groups excluding carboxylic acids is 2. The van der Waals surface area contributed by atoms with Crippen LogP contribution in [0.5, 0.6) is 0 Å². The van der Waals surface area contributed by atoms with E-state index in [9.17, 15) is 9.59 Å². The Bertz CT molecular complexity index is 490. The number of likely N-dealkylation sites (tertiary alicyclic amines) is 1. The number of benzene rings is 1. The van der Waals surface area contributed by atoms with Crippen LogP contribution in [0.15, 0.2) is 30.3 Å². The van der Waals surface area contributed by atoms with Crippen LogP contribution in [-0.4, -0.2) is 36.0 Å². The molecule has 0 bridgehead atoms. The molecule has 1 unspecified atom stereocenters. The molecular formula is C17H25N3O2. The summed E-state index contributed by atoms with van der Waals surface area (Å²) in [4.78, 5) is 25.0. The lowest BCUT2D eigenvalue weighted by Gasteiger charge is -2.25. The maximum absolute atomic E-state index is 12.4. The Labute approximate surface area is 131 Å². The first-order chi connectivity index (χ1) is 10.7. The Morgan fingerprint density at radius 3 is 2.73 bits per heavy atom. The first-order valence-electron chi connectivity index (χ1n) is 8.03. The third-order valence-corrected chi connectivity index (χ3v) is 4.13. The van der Waals surface area contributed by atoms with Gasteiger partial charge in [-0.1, -0.05) is 30.3 Å². The van der Waals surface area contributed by atoms with Gasteiger partial charge in [0.1, 0.15) is 0 Å². The van der Waals surface area contributed by atoms with E-state index in [1.54, 1.807) is 0 Å². The number of amides is 3. The minimum atomic E-state index is -0.506. The summed E-state index contributed by atoms with van der Waals surface area (Å²) < 4.78 is 0. The largest absolute Gasteiger partial charge is 0.352 e. The van der Waals surface area contributed by atoms with Crippen molar-refractivity contribution < 1.29 is 9.59 Å². The standard InChI is InChI=1S/C17H25N3O2/c18-17(22)19-11-5-4-10-16(21)20-12-6-9-15(20)13-14-7-2-1-3-8-14/h1-3,7-8,15H,4-6,9-13H2,(H3,18,19,22). The van der Waals surface area contributed by atoms with Gasteiger partial charge in [-0.2, -0.15) is 0 Å². The van der Waals surface area contributed by atoms with Crippen molar-refractivity contribution in [2.45, 2.75) is 44.6 Å². The molecule has 0 radical (unpaired) electrons. The fourth-order valence-electron chi connectivity index (χ4n) is 3.02. The van der Waals surface area contributed by atoms with E-state index in [2.05, 4.69) is 17.4 Å². The van der Waals surface area contributed by atoms with Gasteiger partial charge in [0.25, 0.3) is 0 Å². The van der Waals surface area contributed by atoms with Crippen LogP contribution in [0.3, 0.4) is 0 Å². The SMILES string of the molecule is NC(=O)NCCCCC(=O)N1CCCC1Cc1ccccc1. The first kappa shape index (κ1) is 16.3. The van der Waals surface area contributed by atoms with Gasteiger partial charge < -0.3 is 16.0 Å². The van der Waals surface area contributed by atoms with Gasteiger partial charge in [-0.3, -0.25) is 4.79 Å². The predicted molar refractivity (Wildman–Crippen MR) is 86.3 cm³/mol. The second kappa shape index (κ2) is 8.41. The van der Waals surface area contributed by atoms with Crippen LogP contribution in [0.4, 0.5) is 4.79 Å². The summed E-state index contributed by atoms with van der Waals surface area (Å²) in [6.07, 6.45) is 5.23. The number of primary amides is 1. The molecule has 5 nitrogen and oxygen atoms in total. The molecule has 1 saturated heterocycles. The summed E-state index contributed by atoms with van der Waals surface area (Å²) in [5.41, 5.74) is 6.29. The molecular weight excluding hydrogens is 278 g/mol. The molecule has 1 aliphatic rings. The van der Waals surface area contributed by atoms with Crippen LogP contribution in [0.2, 0.25) is 0 Å². The van der Waals surface area contributed by atoms with E-state index in [0.717, 1.165) is 38.6 Å². The van der Waals surface area contributed by atoms with Crippen molar-refractivity contribution in [2.24, 2.45) is 5.73 Å². The molecule has 0 spiro atoms. The van der Waals surface area contributed by atoms with Gasteiger partial charge in [0, 0.05) is 25.6 Å². The number of nitrogens with one attached hydrogen (secondary N) is 1. The van der Waals surface area contributed by atoms with Crippen LogP contribution in [0.1, 0.15) is 37.7 Å². The van der Waals surface area contributed by atoms with Gasteiger partial charge in [-0.15, -0.1) is 0 Å². The third-order valence-electron chi connectivity index (χ3n) is 4.13. The molecule has 0 saturated carbocycles. The normalized spacial score (nSPS) is 17.5. The van der Waals surface area contributed by atoms with E-state index < -0.39 is 6.03 Å². The highest BCUT2D eigenvalue weighted by atomic mass is 16.2. The average Bonchev–Trinajstić information content (AvgIpc) is 2.95. The van der Waals surface area contributed by atoms with Gasteiger partial charge >= 0.3 is 6.03 Å². The first-order valence-corrected chi connectivity index (χ1v) is 8.03. The Morgan fingerprint density at radius 2 is 2.00 bits per heavy atom. The lowest BCUT2D eigenvalue weighted by atomic mass is 10.0. The zero-order chi connectivity index (χ0) is 15.8. The molecule has 1 atom stereocenters. The van der Waals surface area contributed by atoms with Crippen LogP contribution >= 0.6 is 0 Å². The number of urea groups is 1. The number of rotatable bonds is 7. The van der Waals surface area contributed by atoms with Crippen LogP contribution in [0, 0.1) is 0 Å². The minimum Gasteiger partial charge on any atom is -0.352 e. The highest BCUT2D eigenvalue weighted by molar-refractivity contribution is 5.76. The Kier molecular flexibility index (Phi) is 6.25.